The number of allylic oxidation sites excluding steroid dienone is 6. The van der Waals surface area contributed by atoms with Crippen LogP contribution in [0.2, 0.25) is 0 Å². The van der Waals surface area contributed by atoms with Gasteiger partial charge in [0.25, 0.3) is 0 Å². The molecule has 15 atom stereocenters. The Bertz CT molecular complexity index is 3830. The van der Waals surface area contributed by atoms with Crippen molar-refractivity contribution in [2.24, 2.45) is 35.5 Å². The molecule has 0 spiro atoms. The second kappa shape index (κ2) is 41.7. The number of hydrogen-bond acceptors (Lipinski definition) is 16. The Morgan fingerprint density at radius 1 is 0.394 bits per heavy atom. The van der Waals surface area contributed by atoms with E-state index in [1.807, 2.05) is 146 Å². The predicted octanol–water partition coefficient (Wildman–Crippen LogP) is 16.2. The maximum Gasteiger partial charge on any atom is 0.331 e. The summed E-state index contributed by atoms with van der Waals surface area (Å²) in [5, 5.41) is 20.9. The number of carbonyl (C=O) groups is 7. The summed E-state index contributed by atoms with van der Waals surface area (Å²) in [7, 11) is 0. The monoisotopic (exact) mass is 1420 g/mol. The van der Waals surface area contributed by atoms with E-state index in [0.717, 1.165) is 102 Å². The van der Waals surface area contributed by atoms with Gasteiger partial charge in [-0.25, -0.2) is 33.6 Å². The Morgan fingerprint density at radius 3 is 1.08 bits per heavy atom. The van der Waals surface area contributed by atoms with E-state index in [4.69, 9.17) is 33.2 Å². The molecular weight excluding hydrogens is 1310 g/mol. The lowest BCUT2D eigenvalue weighted by molar-refractivity contribution is -0.146. The van der Waals surface area contributed by atoms with Crippen molar-refractivity contribution in [3.8, 4) is 0 Å². The Balaban J connectivity index is 0.000000201. The smallest absolute Gasteiger partial charge is 0.331 e. The van der Waals surface area contributed by atoms with Gasteiger partial charge in [-0.15, -0.1) is 0 Å². The molecule has 552 valence electrons. The molecule has 10 rings (SSSR count). The minimum atomic E-state index is -0.801. The number of aliphatic hydroxyl groups is 2. The predicted molar refractivity (Wildman–Crippen MR) is 404 cm³/mol. The first-order valence-corrected chi connectivity index (χ1v) is 36.9. The van der Waals surface area contributed by atoms with E-state index in [2.05, 4.69) is 36.5 Å². The van der Waals surface area contributed by atoms with Crippen molar-refractivity contribution in [3.63, 3.8) is 0 Å². The van der Waals surface area contributed by atoms with Gasteiger partial charge in [0, 0.05) is 54.4 Å². The quantitative estimate of drug-likeness (QED) is 0.0582. The summed E-state index contributed by atoms with van der Waals surface area (Å²) >= 11 is 0. The summed E-state index contributed by atoms with van der Waals surface area (Å²) in [5.74, 6) is -3.34. The van der Waals surface area contributed by atoms with Crippen molar-refractivity contribution < 1.29 is 76.9 Å². The van der Waals surface area contributed by atoms with Gasteiger partial charge in [0.2, 0.25) is 0 Å². The van der Waals surface area contributed by atoms with Crippen LogP contribution in [-0.4, -0.2) is 107 Å². The van der Waals surface area contributed by atoms with Crippen LogP contribution >= 0.6 is 0 Å². The van der Waals surface area contributed by atoms with Crippen LogP contribution in [0.5, 0.6) is 0 Å². The third-order valence-electron chi connectivity index (χ3n) is 19.4. The van der Waals surface area contributed by atoms with Crippen LogP contribution in [0.25, 0.3) is 24.3 Å². The van der Waals surface area contributed by atoms with Crippen LogP contribution in [0, 0.1) is 63.2 Å². The number of hydrogen-bond donors (Lipinski definition) is 2. The normalized spacial score (nSPS) is 29.5. The first-order chi connectivity index (χ1) is 50.0. The number of fused-ring (bicyclic) bond motifs is 3. The van der Waals surface area contributed by atoms with E-state index in [9.17, 15) is 43.8 Å². The summed E-state index contributed by atoms with van der Waals surface area (Å²) < 4.78 is 39.4. The van der Waals surface area contributed by atoms with Gasteiger partial charge in [0.15, 0.2) is 0 Å². The largest absolute Gasteiger partial charge is 0.460 e. The standard InChI is InChI=1S/C36H40O6.2C26H32O5/c1-25-9-7-12-28(21-25)15-18-35(38)41-31-23-30-14-6-4-5-11-27(3)40-34(37)20-17-33(32(30)24-31)42-36(39)19-16-29-13-8-10-26(2)22-29;1-18-7-6-9-20(15-18)11-13-26(29)31-22-16-21-10-5-3-4-8-19(2)30-25(28)14-12-24(27)23(21)17-22;1-18-7-6-9-20(15-18)11-13-26(29)31-24-12-14-25(28)30-19(2)8-4-3-5-10-21-16-22(27)17-23(21)24/h6-10,12-22,27,30-33H,4-5,11,23-24H2,1-3H3;2*5-7,9-15,19,21-24,27H,3-4,8,16-17H2,1-2H3/b14-6+,18-15+,19-16+,20-17+;2*10-5+,13-11+,14-12+/t27-,30+,31-,32+,33+;2*19-,21+,22-,23+,24+/m000/s1. The number of benzene rings is 4. The Hall–Kier alpha value is -9.51. The van der Waals surface area contributed by atoms with E-state index in [0.29, 0.717) is 38.5 Å². The molecule has 0 radical (unpaired) electrons. The molecule has 2 N–H and O–H groups in total. The molecule has 3 aliphatic carbocycles. The molecule has 16 heteroatoms. The zero-order valence-corrected chi connectivity index (χ0v) is 61.2. The molecule has 16 nitrogen and oxygen atoms in total. The molecule has 6 aliphatic rings. The van der Waals surface area contributed by atoms with Crippen LogP contribution in [-0.2, 0) is 66.7 Å². The van der Waals surface area contributed by atoms with Gasteiger partial charge in [0.05, 0.1) is 30.5 Å². The average Bonchev–Trinajstić information content (AvgIpc) is 1.69. The molecule has 0 aromatic heterocycles. The third kappa shape index (κ3) is 28.3. The van der Waals surface area contributed by atoms with Crippen molar-refractivity contribution in [2.75, 3.05) is 0 Å². The third-order valence-corrected chi connectivity index (χ3v) is 19.4. The summed E-state index contributed by atoms with van der Waals surface area (Å²) in [4.78, 5) is 87.2. The first kappa shape index (κ1) is 80.2. The van der Waals surface area contributed by atoms with Crippen LogP contribution < -0.4 is 0 Å². The van der Waals surface area contributed by atoms with Gasteiger partial charge in [0.1, 0.15) is 24.4 Å². The van der Waals surface area contributed by atoms with Crippen molar-refractivity contribution in [2.45, 2.75) is 200 Å². The summed E-state index contributed by atoms with van der Waals surface area (Å²) in [6, 6.07) is 31.4. The van der Waals surface area contributed by atoms with Crippen LogP contribution in [0.15, 0.2) is 194 Å². The number of esters is 7. The molecule has 4 aromatic carbocycles. The summed E-state index contributed by atoms with van der Waals surface area (Å²) in [5.41, 5.74) is 8.12. The fourth-order valence-electron chi connectivity index (χ4n) is 14.2. The molecule has 3 saturated carbocycles. The number of cyclic esters (lactones) is 3. The fourth-order valence-corrected chi connectivity index (χ4v) is 14.2. The Labute approximate surface area is 614 Å². The van der Waals surface area contributed by atoms with Gasteiger partial charge in [-0.05, 0) is 233 Å². The number of rotatable bonds is 12. The summed E-state index contributed by atoms with van der Waals surface area (Å²) in [6.07, 6.45) is 41.6. The molecule has 0 saturated heterocycles. The molecule has 3 heterocycles. The second-order valence-corrected chi connectivity index (χ2v) is 28.3. The fraction of sp³-hybridized carbons (Fsp3) is 0.420. The van der Waals surface area contributed by atoms with Crippen molar-refractivity contribution in [1.82, 2.24) is 0 Å². The van der Waals surface area contributed by atoms with Crippen molar-refractivity contribution >= 4 is 66.1 Å². The first-order valence-electron chi connectivity index (χ1n) is 36.9. The Morgan fingerprint density at radius 2 is 0.712 bits per heavy atom. The van der Waals surface area contributed by atoms with E-state index in [1.165, 1.54) is 48.6 Å². The van der Waals surface area contributed by atoms with Crippen molar-refractivity contribution in [3.05, 3.63) is 239 Å². The van der Waals surface area contributed by atoms with E-state index >= 15 is 0 Å². The lowest BCUT2D eigenvalue weighted by atomic mass is 9.89. The number of aryl methyl sites for hydroxylation is 4. The highest BCUT2D eigenvalue weighted by Gasteiger charge is 2.42. The highest BCUT2D eigenvalue weighted by atomic mass is 16.6. The van der Waals surface area contributed by atoms with E-state index < -0.39 is 60.2 Å². The molecule has 0 bridgehead atoms. The summed E-state index contributed by atoms with van der Waals surface area (Å²) in [6.45, 7) is 13.6. The zero-order chi connectivity index (χ0) is 74.3. The lowest BCUT2D eigenvalue weighted by Gasteiger charge is -2.24. The molecule has 3 aliphatic heterocycles. The molecule has 104 heavy (non-hydrogen) atoms. The van der Waals surface area contributed by atoms with Gasteiger partial charge in [-0.1, -0.05) is 156 Å². The van der Waals surface area contributed by atoms with Crippen LogP contribution in [0.4, 0.5) is 0 Å². The van der Waals surface area contributed by atoms with Crippen LogP contribution in [0.3, 0.4) is 0 Å². The van der Waals surface area contributed by atoms with E-state index in [1.54, 1.807) is 36.5 Å². The van der Waals surface area contributed by atoms with Crippen molar-refractivity contribution in [1.29, 1.82) is 0 Å². The van der Waals surface area contributed by atoms with Gasteiger partial charge >= 0.3 is 41.8 Å². The zero-order valence-electron chi connectivity index (χ0n) is 61.2. The second-order valence-electron chi connectivity index (χ2n) is 28.3. The molecular formula is C88H104O16. The number of aliphatic hydroxyl groups excluding tert-OH is 2. The van der Waals surface area contributed by atoms with E-state index in [-0.39, 0.29) is 72.0 Å². The van der Waals surface area contributed by atoms with Crippen LogP contribution in [0.1, 0.15) is 162 Å². The topological polar surface area (TPSA) is 225 Å². The molecule has 3 fully saturated rings. The molecule has 0 unspecified atom stereocenters. The van der Waals surface area contributed by atoms with Gasteiger partial charge < -0.3 is 43.4 Å². The highest BCUT2D eigenvalue weighted by Crippen LogP contribution is 2.41. The SMILES string of the molecule is Cc1cccc(/C=C/C(=O)O[C@@H]2/C=C/C(=O)O[C@@H](C)CCC/C=C/[C@@H]3C[C@H](O)C[C@H]32)c1.Cc1cccc(/C=C/C(=O)O[C@@H]2C[C@@H]3[C@H](/C=C/CCC[C@H](C)OC(=O)/C=C/[C@H]3OC(=O)/C=C/c3cccc(C)c3)C2)c1.Cc1cccc(/C=C/C(=O)O[C@@H]2C[C@H]3[C@H](O)/C=C/C(=O)O[C@@H](C)CCC/C=C/[C@@H]3C2)c1. The van der Waals surface area contributed by atoms with Gasteiger partial charge in [-0.2, -0.15) is 0 Å². The molecule has 4 aromatic rings. The number of carbonyl (C=O) groups excluding carboxylic acids is 7. The Kier molecular flexibility index (Phi) is 32.1. The van der Waals surface area contributed by atoms with Gasteiger partial charge in [-0.3, -0.25) is 0 Å². The highest BCUT2D eigenvalue weighted by molar-refractivity contribution is 5.90. The maximum absolute atomic E-state index is 13.0. The maximum atomic E-state index is 13.0. The molecule has 0 amide bonds. The minimum Gasteiger partial charge on any atom is -0.460 e. The average molecular weight is 1420 g/mol. The lowest BCUT2D eigenvalue weighted by Crippen LogP contribution is -2.27. The number of ether oxygens (including phenoxy) is 7. The minimum absolute atomic E-state index is 0.000881.